The van der Waals surface area contributed by atoms with E-state index in [-0.39, 0.29) is 17.5 Å². The second-order valence-electron chi connectivity index (χ2n) is 11.2. The summed E-state index contributed by atoms with van der Waals surface area (Å²) in [4.78, 5) is 13.2. The molecule has 0 fully saturated rings. The molecule has 1 atom stereocenters. The maximum absolute atomic E-state index is 14.2. The second kappa shape index (κ2) is 13.8. The minimum atomic E-state index is -3.97. The van der Waals surface area contributed by atoms with Gasteiger partial charge in [-0.2, -0.15) is 0 Å². The Hall–Kier alpha value is -3.61. The first-order chi connectivity index (χ1) is 20.8. The van der Waals surface area contributed by atoms with E-state index >= 15 is 0 Å². The van der Waals surface area contributed by atoms with Gasteiger partial charge in [-0.3, -0.25) is 4.79 Å². The lowest BCUT2D eigenvalue weighted by Gasteiger charge is -2.14. The van der Waals surface area contributed by atoms with Gasteiger partial charge in [0, 0.05) is 15.8 Å². The maximum atomic E-state index is 14.2. The zero-order valence-corrected chi connectivity index (χ0v) is 26.3. The number of hydrogen-bond donors (Lipinski definition) is 0. The molecule has 0 amide bonds. The molecular weight excluding hydrogens is 578 g/mol. The van der Waals surface area contributed by atoms with Crippen LogP contribution in [-0.4, -0.2) is 18.4 Å². The van der Waals surface area contributed by atoms with Crippen molar-refractivity contribution in [1.82, 2.24) is 3.97 Å². The number of esters is 1. The summed E-state index contributed by atoms with van der Waals surface area (Å²) in [7, 11) is -3.97. The Bertz CT molecular complexity index is 1810. The summed E-state index contributed by atoms with van der Waals surface area (Å²) in [6.45, 7) is 4.16. The molecule has 4 aromatic carbocycles. The van der Waals surface area contributed by atoms with Crippen molar-refractivity contribution in [3.8, 4) is 0 Å². The maximum Gasteiger partial charge on any atom is 0.313 e. The SMILES string of the molecule is CCCCCCCCc1ccc(S(=O)(=O)n2c3ccc(Cl)cc3c3ccc(C(C)C(=O)OCc4ccccc4)cc32)cc1. The molecule has 43 heavy (non-hydrogen) atoms. The lowest BCUT2D eigenvalue weighted by Crippen LogP contribution is -2.15. The summed E-state index contributed by atoms with van der Waals surface area (Å²) in [5, 5.41) is 2.00. The standard InChI is InChI=1S/C36H38ClNO4S/c1-3-4-5-6-7-9-12-27-15-19-31(20-16-27)43(40,41)38-34-22-18-30(37)24-33(34)32-21-17-29(23-35(32)38)26(2)36(39)42-25-28-13-10-8-11-14-28/h8,10-11,13-24,26H,3-7,9,12,25H2,1-2H3. The summed E-state index contributed by atoms with van der Waals surface area (Å²) in [5.74, 6) is -0.968. The number of halogens is 1. The minimum absolute atomic E-state index is 0.175. The van der Waals surface area contributed by atoms with Crippen molar-refractivity contribution in [3.63, 3.8) is 0 Å². The van der Waals surface area contributed by atoms with Crippen LogP contribution in [0, 0.1) is 0 Å². The zero-order chi connectivity index (χ0) is 30.4. The number of unbranched alkanes of at least 4 members (excludes halogenated alkanes) is 5. The fraction of sp³-hybridized carbons (Fsp3) is 0.306. The Labute approximate surface area is 259 Å². The molecule has 5 rings (SSSR count). The van der Waals surface area contributed by atoms with E-state index in [1.807, 2.05) is 54.6 Å². The largest absolute Gasteiger partial charge is 0.460 e. The van der Waals surface area contributed by atoms with Crippen LogP contribution in [-0.2, 0) is 32.6 Å². The fourth-order valence-corrected chi connectivity index (χ4v) is 7.23. The Morgan fingerprint density at radius 1 is 0.791 bits per heavy atom. The van der Waals surface area contributed by atoms with Crippen LogP contribution in [0.2, 0.25) is 5.02 Å². The highest BCUT2D eigenvalue weighted by Gasteiger charge is 2.25. The first kappa shape index (κ1) is 30.8. The quantitative estimate of drug-likeness (QED) is 0.0977. The van der Waals surface area contributed by atoms with E-state index < -0.39 is 15.9 Å². The molecule has 0 aliphatic carbocycles. The third-order valence-electron chi connectivity index (χ3n) is 8.07. The van der Waals surface area contributed by atoms with Crippen molar-refractivity contribution in [3.05, 3.63) is 113 Å². The van der Waals surface area contributed by atoms with E-state index in [1.54, 1.807) is 43.3 Å². The van der Waals surface area contributed by atoms with Crippen LogP contribution in [0.25, 0.3) is 21.8 Å². The molecule has 224 valence electrons. The number of nitrogens with zero attached hydrogens (tertiary/aromatic N) is 1. The Morgan fingerprint density at radius 3 is 2.26 bits per heavy atom. The molecule has 0 saturated heterocycles. The van der Waals surface area contributed by atoms with E-state index in [2.05, 4.69) is 6.92 Å². The molecule has 0 aliphatic rings. The van der Waals surface area contributed by atoms with E-state index in [0.29, 0.717) is 21.6 Å². The number of carbonyl (C=O) groups is 1. The summed E-state index contributed by atoms with van der Waals surface area (Å²) in [6, 6.07) is 27.4. The number of aryl methyl sites for hydroxylation is 1. The predicted molar refractivity (Wildman–Crippen MR) is 175 cm³/mol. The van der Waals surface area contributed by atoms with Gasteiger partial charge in [0.25, 0.3) is 10.0 Å². The third-order valence-corrected chi connectivity index (χ3v) is 10.0. The van der Waals surface area contributed by atoms with Gasteiger partial charge in [-0.15, -0.1) is 0 Å². The van der Waals surface area contributed by atoms with Crippen LogP contribution in [0.15, 0.2) is 95.9 Å². The molecule has 1 unspecified atom stereocenters. The fourth-order valence-electron chi connectivity index (χ4n) is 5.54. The molecule has 1 aromatic heterocycles. The molecular formula is C36H38ClNO4S. The number of fused-ring (bicyclic) bond motifs is 3. The molecule has 7 heteroatoms. The molecule has 0 saturated carbocycles. The van der Waals surface area contributed by atoms with E-state index in [9.17, 15) is 13.2 Å². The minimum Gasteiger partial charge on any atom is -0.460 e. The number of ether oxygens (including phenoxy) is 1. The average molecular weight is 616 g/mol. The summed E-state index contributed by atoms with van der Waals surface area (Å²) in [6.07, 6.45) is 8.23. The van der Waals surface area contributed by atoms with Crippen LogP contribution in [0.5, 0.6) is 0 Å². The number of carbonyl (C=O) groups excluding carboxylic acids is 1. The van der Waals surface area contributed by atoms with Crippen LogP contribution < -0.4 is 0 Å². The second-order valence-corrected chi connectivity index (χ2v) is 13.4. The third kappa shape index (κ3) is 6.97. The normalized spacial score (nSPS) is 12.5. The molecule has 5 aromatic rings. The molecule has 1 heterocycles. The van der Waals surface area contributed by atoms with Gasteiger partial charge in [-0.05, 0) is 72.9 Å². The predicted octanol–water partition coefficient (Wildman–Crippen LogP) is 9.43. The van der Waals surface area contributed by atoms with Crippen molar-refractivity contribution >= 4 is 49.4 Å². The lowest BCUT2D eigenvalue weighted by atomic mass is 9.99. The van der Waals surface area contributed by atoms with Gasteiger partial charge in [-0.1, -0.05) is 105 Å². The summed E-state index contributed by atoms with van der Waals surface area (Å²) in [5.41, 5.74) is 3.74. The topological polar surface area (TPSA) is 65.4 Å². The van der Waals surface area contributed by atoms with Gasteiger partial charge >= 0.3 is 5.97 Å². The molecule has 5 nitrogen and oxygen atoms in total. The average Bonchev–Trinajstić information content (AvgIpc) is 3.35. The molecule has 0 N–H and O–H groups in total. The van der Waals surface area contributed by atoms with Crippen LogP contribution in [0.3, 0.4) is 0 Å². The van der Waals surface area contributed by atoms with Gasteiger partial charge in [0.15, 0.2) is 0 Å². The monoisotopic (exact) mass is 615 g/mol. The number of aromatic nitrogens is 1. The van der Waals surface area contributed by atoms with Crippen molar-refractivity contribution in [2.24, 2.45) is 0 Å². The molecule has 0 spiro atoms. The van der Waals surface area contributed by atoms with Gasteiger partial charge in [-0.25, -0.2) is 12.4 Å². The van der Waals surface area contributed by atoms with Crippen molar-refractivity contribution in [2.45, 2.75) is 76.2 Å². The number of benzene rings is 4. The molecule has 0 bridgehead atoms. The van der Waals surface area contributed by atoms with Crippen molar-refractivity contribution < 1.29 is 17.9 Å². The first-order valence-corrected chi connectivity index (χ1v) is 16.9. The number of hydrogen-bond acceptors (Lipinski definition) is 4. The van der Waals surface area contributed by atoms with E-state index in [0.717, 1.165) is 34.7 Å². The molecule has 0 radical (unpaired) electrons. The Balaban J connectivity index is 1.44. The summed E-state index contributed by atoms with van der Waals surface area (Å²) >= 11 is 6.34. The lowest BCUT2D eigenvalue weighted by molar-refractivity contribution is -0.146. The van der Waals surface area contributed by atoms with E-state index in [4.69, 9.17) is 16.3 Å². The van der Waals surface area contributed by atoms with Crippen LogP contribution >= 0.6 is 11.6 Å². The number of rotatable bonds is 13. The van der Waals surface area contributed by atoms with E-state index in [1.165, 1.54) is 36.1 Å². The van der Waals surface area contributed by atoms with Gasteiger partial charge < -0.3 is 4.74 Å². The Morgan fingerprint density at radius 2 is 1.51 bits per heavy atom. The van der Waals surface area contributed by atoms with Crippen LogP contribution in [0.4, 0.5) is 0 Å². The summed E-state index contributed by atoms with van der Waals surface area (Å²) < 4.78 is 35.3. The van der Waals surface area contributed by atoms with Gasteiger partial charge in [0.2, 0.25) is 0 Å². The smallest absolute Gasteiger partial charge is 0.313 e. The highest BCUT2D eigenvalue weighted by atomic mass is 35.5. The zero-order valence-electron chi connectivity index (χ0n) is 24.8. The van der Waals surface area contributed by atoms with Crippen molar-refractivity contribution in [2.75, 3.05) is 0 Å². The molecule has 0 aliphatic heterocycles. The first-order valence-electron chi connectivity index (χ1n) is 15.1. The highest BCUT2D eigenvalue weighted by Crippen LogP contribution is 2.36. The van der Waals surface area contributed by atoms with Gasteiger partial charge in [0.05, 0.1) is 21.8 Å². The van der Waals surface area contributed by atoms with Gasteiger partial charge in [0.1, 0.15) is 6.61 Å². The highest BCUT2D eigenvalue weighted by molar-refractivity contribution is 7.90. The van der Waals surface area contributed by atoms with Crippen molar-refractivity contribution in [1.29, 1.82) is 0 Å². The van der Waals surface area contributed by atoms with Crippen LogP contribution in [0.1, 0.15) is 75.0 Å². The Kier molecular flexibility index (Phi) is 9.89.